The van der Waals surface area contributed by atoms with E-state index >= 15 is 0 Å². The number of rotatable bonds is 19. The average molecular weight is 373 g/mol. The van der Waals surface area contributed by atoms with E-state index in [-0.39, 0.29) is 12.4 Å². The molecular formula is C22H44O4. The standard InChI is InChI=1S/C22H44O4/c1-3-4-5-6-7-8-9-10-11-12-13-14-15-16-17-18-21(24)26-22(25)19-20(2)23/h20,22-23,25H,3-19H2,1-2H3. The number of esters is 1. The summed E-state index contributed by atoms with van der Waals surface area (Å²) in [6, 6.07) is 0. The molecule has 2 N–H and O–H groups in total. The minimum absolute atomic E-state index is 0.0740. The summed E-state index contributed by atoms with van der Waals surface area (Å²) in [6.45, 7) is 3.83. The lowest BCUT2D eigenvalue weighted by molar-refractivity contribution is -0.171. The number of hydrogen-bond acceptors (Lipinski definition) is 4. The molecule has 0 aromatic rings. The first kappa shape index (κ1) is 25.4. The molecule has 2 atom stereocenters. The van der Waals surface area contributed by atoms with Crippen LogP contribution in [0.3, 0.4) is 0 Å². The molecule has 0 amide bonds. The summed E-state index contributed by atoms with van der Waals surface area (Å²) in [6.07, 6.45) is 18.0. The summed E-state index contributed by atoms with van der Waals surface area (Å²) in [7, 11) is 0. The number of carbonyl (C=O) groups excluding carboxylic acids is 1. The number of aliphatic hydroxyl groups is 2. The van der Waals surface area contributed by atoms with E-state index in [0.29, 0.717) is 6.42 Å². The van der Waals surface area contributed by atoms with Gasteiger partial charge in [-0.15, -0.1) is 0 Å². The van der Waals surface area contributed by atoms with Crippen molar-refractivity contribution < 1.29 is 19.7 Å². The molecular weight excluding hydrogens is 328 g/mol. The SMILES string of the molecule is CCCCCCCCCCCCCCCCCC(=O)OC(O)CC(C)O. The van der Waals surface area contributed by atoms with Crippen LogP contribution >= 0.6 is 0 Å². The molecule has 0 aliphatic carbocycles. The van der Waals surface area contributed by atoms with E-state index in [2.05, 4.69) is 6.92 Å². The Kier molecular flexibility index (Phi) is 18.7. The smallest absolute Gasteiger partial charge is 0.308 e. The molecule has 0 aliphatic heterocycles. The molecule has 0 bridgehead atoms. The molecule has 0 heterocycles. The first-order valence-corrected chi connectivity index (χ1v) is 11.1. The van der Waals surface area contributed by atoms with Gasteiger partial charge in [-0.2, -0.15) is 0 Å². The van der Waals surface area contributed by atoms with Gasteiger partial charge in [0.05, 0.1) is 6.10 Å². The van der Waals surface area contributed by atoms with E-state index < -0.39 is 12.4 Å². The second-order valence-corrected chi connectivity index (χ2v) is 7.73. The summed E-state index contributed by atoms with van der Waals surface area (Å²) in [4.78, 5) is 11.5. The van der Waals surface area contributed by atoms with Crippen molar-refractivity contribution >= 4 is 5.97 Å². The topological polar surface area (TPSA) is 66.8 Å². The van der Waals surface area contributed by atoms with Gasteiger partial charge in [0.2, 0.25) is 6.29 Å². The van der Waals surface area contributed by atoms with Crippen LogP contribution in [-0.2, 0) is 9.53 Å². The van der Waals surface area contributed by atoms with Gasteiger partial charge in [0.15, 0.2) is 0 Å². The van der Waals surface area contributed by atoms with Crippen LogP contribution < -0.4 is 0 Å². The Morgan fingerprint density at radius 1 is 0.731 bits per heavy atom. The van der Waals surface area contributed by atoms with Gasteiger partial charge in [-0.05, 0) is 13.3 Å². The number of carbonyl (C=O) groups is 1. The van der Waals surface area contributed by atoms with Gasteiger partial charge in [0.25, 0.3) is 0 Å². The van der Waals surface area contributed by atoms with Crippen molar-refractivity contribution in [1.29, 1.82) is 0 Å². The normalized spacial score (nSPS) is 13.5. The molecule has 0 aromatic carbocycles. The van der Waals surface area contributed by atoms with Gasteiger partial charge < -0.3 is 14.9 Å². The molecule has 2 unspecified atom stereocenters. The van der Waals surface area contributed by atoms with E-state index in [1.165, 1.54) is 83.5 Å². The highest BCUT2D eigenvalue weighted by Gasteiger charge is 2.12. The van der Waals surface area contributed by atoms with Crippen molar-refractivity contribution in [2.24, 2.45) is 0 Å². The van der Waals surface area contributed by atoms with Gasteiger partial charge in [-0.1, -0.05) is 96.8 Å². The monoisotopic (exact) mass is 372 g/mol. The molecule has 0 saturated carbocycles. The zero-order valence-corrected chi connectivity index (χ0v) is 17.4. The number of hydrogen-bond donors (Lipinski definition) is 2. The number of unbranched alkanes of at least 4 members (excludes halogenated alkanes) is 14. The lowest BCUT2D eigenvalue weighted by Gasteiger charge is -2.13. The quantitative estimate of drug-likeness (QED) is 0.169. The predicted octanol–water partition coefficient (Wildman–Crippen LogP) is 5.88. The molecule has 0 aromatic heterocycles. The first-order chi connectivity index (χ1) is 12.6. The van der Waals surface area contributed by atoms with Gasteiger partial charge in [0, 0.05) is 12.8 Å². The van der Waals surface area contributed by atoms with Crippen LogP contribution in [-0.4, -0.2) is 28.6 Å². The minimum Gasteiger partial charge on any atom is -0.436 e. The van der Waals surface area contributed by atoms with E-state index in [4.69, 9.17) is 9.84 Å². The van der Waals surface area contributed by atoms with E-state index in [1.54, 1.807) is 6.92 Å². The summed E-state index contributed by atoms with van der Waals surface area (Å²) in [5.41, 5.74) is 0. The van der Waals surface area contributed by atoms with Crippen molar-refractivity contribution in [2.75, 3.05) is 0 Å². The summed E-state index contributed by atoms with van der Waals surface area (Å²) >= 11 is 0. The third-order valence-corrected chi connectivity index (χ3v) is 4.79. The van der Waals surface area contributed by atoms with Crippen molar-refractivity contribution in [1.82, 2.24) is 0 Å². The summed E-state index contributed by atoms with van der Waals surface area (Å²) in [5, 5.41) is 18.5. The van der Waals surface area contributed by atoms with Crippen molar-refractivity contribution in [3.8, 4) is 0 Å². The number of aliphatic hydroxyl groups excluding tert-OH is 2. The molecule has 0 radical (unpaired) electrons. The molecule has 4 heteroatoms. The van der Waals surface area contributed by atoms with Crippen molar-refractivity contribution in [3.63, 3.8) is 0 Å². The van der Waals surface area contributed by atoms with Crippen LogP contribution in [0.4, 0.5) is 0 Å². The third-order valence-electron chi connectivity index (χ3n) is 4.79. The minimum atomic E-state index is -1.18. The van der Waals surface area contributed by atoms with Gasteiger partial charge in [0.1, 0.15) is 0 Å². The Morgan fingerprint density at radius 2 is 1.12 bits per heavy atom. The van der Waals surface area contributed by atoms with Crippen LogP contribution in [0.15, 0.2) is 0 Å². The fourth-order valence-electron chi connectivity index (χ4n) is 3.19. The highest BCUT2D eigenvalue weighted by atomic mass is 16.6. The average Bonchev–Trinajstić information content (AvgIpc) is 2.57. The van der Waals surface area contributed by atoms with Crippen LogP contribution in [0.25, 0.3) is 0 Å². The maximum absolute atomic E-state index is 11.5. The Bertz CT molecular complexity index is 305. The largest absolute Gasteiger partial charge is 0.436 e. The maximum atomic E-state index is 11.5. The molecule has 0 saturated heterocycles. The highest BCUT2D eigenvalue weighted by Crippen LogP contribution is 2.14. The molecule has 0 aliphatic rings. The second kappa shape index (κ2) is 19.2. The zero-order valence-electron chi connectivity index (χ0n) is 17.4. The highest BCUT2D eigenvalue weighted by molar-refractivity contribution is 5.69. The van der Waals surface area contributed by atoms with Crippen LogP contribution in [0, 0.1) is 0 Å². The molecule has 0 fully saturated rings. The number of ether oxygens (including phenoxy) is 1. The molecule has 26 heavy (non-hydrogen) atoms. The van der Waals surface area contributed by atoms with E-state index in [9.17, 15) is 9.90 Å². The lowest BCUT2D eigenvalue weighted by Crippen LogP contribution is -2.21. The van der Waals surface area contributed by atoms with E-state index in [0.717, 1.165) is 12.8 Å². The van der Waals surface area contributed by atoms with Crippen molar-refractivity contribution in [3.05, 3.63) is 0 Å². The van der Waals surface area contributed by atoms with Gasteiger partial charge in [-0.25, -0.2) is 0 Å². The van der Waals surface area contributed by atoms with Crippen LogP contribution in [0.1, 0.15) is 123 Å². The van der Waals surface area contributed by atoms with E-state index in [1.807, 2.05) is 0 Å². The first-order valence-electron chi connectivity index (χ1n) is 11.1. The molecule has 156 valence electrons. The second-order valence-electron chi connectivity index (χ2n) is 7.73. The molecule has 4 nitrogen and oxygen atoms in total. The van der Waals surface area contributed by atoms with Crippen molar-refractivity contribution in [2.45, 2.75) is 135 Å². The summed E-state index contributed by atoms with van der Waals surface area (Å²) in [5.74, 6) is -0.368. The maximum Gasteiger partial charge on any atom is 0.308 e. The fraction of sp³-hybridized carbons (Fsp3) is 0.955. The molecule has 0 spiro atoms. The van der Waals surface area contributed by atoms with Crippen LogP contribution in [0.5, 0.6) is 0 Å². The Labute approximate surface area is 161 Å². The Morgan fingerprint density at radius 3 is 1.50 bits per heavy atom. The zero-order chi connectivity index (χ0) is 19.5. The third kappa shape index (κ3) is 19.7. The Balaban J connectivity index is 3.20. The Hall–Kier alpha value is -0.610. The van der Waals surface area contributed by atoms with Gasteiger partial charge in [-0.3, -0.25) is 4.79 Å². The summed E-state index contributed by atoms with van der Waals surface area (Å²) < 4.78 is 4.84. The van der Waals surface area contributed by atoms with Gasteiger partial charge >= 0.3 is 5.97 Å². The van der Waals surface area contributed by atoms with Crippen LogP contribution in [0.2, 0.25) is 0 Å². The molecule has 0 rings (SSSR count). The lowest BCUT2D eigenvalue weighted by atomic mass is 10.0. The predicted molar refractivity (Wildman–Crippen MR) is 108 cm³/mol. The fourth-order valence-corrected chi connectivity index (χ4v) is 3.19.